The van der Waals surface area contributed by atoms with E-state index >= 15 is 0 Å². The third-order valence-electron chi connectivity index (χ3n) is 6.44. The Labute approximate surface area is 246 Å². The topological polar surface area (TPSA) is 74.1 Å². The highest BCUT2D eigenvalue weighted by Crippen LogP contribution is 2.46. The molecule has 0 spiro atoms. The molecule has 0 fully saturated rings. The Morgan fingerprint density at radius 1 is 0.763 bits per heavy atom. The number of ether oxygens (including phenoxy) is 1. The minimum Gasteiger partial charge on any atom is -0.424 e. The summed E-state index contributed by atoms with van der Waals surface area (Å²) in [7, 11) is 0. The molecular weight excluding hydrogens is 568 g/mol. The van der Waals surface area contributed by atoms with Crippen LogP contribution in [0, 0.1) is 5.92 Å². The van der Waals surface area contributed by atoms with Crippen molar-refractivity contribution >= 4 is 58.3 Å². The number of rotatable bonds is 18. The summed E-state index contributed by atoms with van der Waals surface area (Å²) >= 11 is 24.8. The van der Waals surface area contributed by atoms with Gasteiger partial charge in [-0.05, 0) is 12.3 Å². The molecule has 10 heteroatoms. The minimum atomic E-state index is -0.697. The second kappa shape index (κ2) is 18.1. The average molecular weight is 607 g/mol. The highest BCUT2D eigenvalue weighted by Gasteiger charge is 2.29. The summed E-state index contributed by atoms with van der Waals surface area (Å²) in [6, 6.07) is 0. The van der Waals surface area contributed by atoms with Gasteiger partial charge < -0.3 is 4.74 Å². The van der Waals surface area contributed by atoms with Crippen LogP contribution in [0.5, 0.6) is 5.75 Å². The molecule has 212 valence electrons. The number of esters is 1. The van der Waals surface area contributed by atoms with Crippen LogP contribution in [0.4, 0.5) is 0 Å². The first-order valence-electron chi connectivity index (χ1n) is 13.7. The van der Waals surface area contributed by atoms with E-state index in [4.69, 9.17) is 51.1 Å². The van der Waals surface area contributed by atoms with Crippen molar-refractivity contribution in [1.82, 2.24) is 14.8 Å². The summed E-state index contributed by atoms with van der Waals surface area (Å²) in [6.07, 6.45) is 19.7. The molecule has 0 aliphatic carbocycles. The number of halogens is 4. The van der Waals surface area contributed by atoms with Gasteiger partial charge in [-0.2, -0.15) is 9.78 Å². The third-order valence-corrected chi connectivity index (χ3v) is 8.23. The van der Waals surface area contributed by atoms with Gasteiger partial charge in [0.1, 0.15) is 23.2 Å². The van der Waals surface area contributed by atoms with Crippen LogP contribution in [0.25, 0.3) is 0 Å². The Kier molecular flexibility index (Phi) is 15.6. The van der Waals surface area contributed by atoms with Crippen molar-refractivity contribution in [1.29, 1.82) is 0 Å². The lowest BCUT2D eigenvalue weighted by Gasteiger charge is -2.15. The van der Waals surface area contributed by atoms with E-state index in [1.807, 2.05) is 0 Å². The molecule has 38 heavy (non-hydrogen) atoms. The highest BCUT2D eigenvalue weighted by molar-refractivity contribution is 6.53. The number of hydrogen-bond donors (Lipinski definition) is 0. The molecule has 1 heterocycles. The first kappa shape index (κ1) is 32.9. The van der Waals surface area contributed by atoms with Gasteiger partial charge in [-0.15, -0.1) is 0 Å². The Balaban J connectivity index is 1.66. The van der Waals surface area contributed by atoms with Crippen LogP contribution >= 0.6 is 46.4 Å². The molecule has 0 bridgehead atoms. The number of carbonyl (C=O) groups excluding carboxylic acids is 2. The van der Waals surface area contributed by atoms with E-state index in [1.54, 1.807) is 0 Å². The normalized spacial score (nSPS) is 11.3. The van der Waals surface area contributed by atoms with Gasteiger partial charge in [0.15, 0.2) is 5.75 Å². The molecule has 0 aliphatic heterocycles. The van der Waals surface area contributed by atoms with E-state index in [0.717, 1.165) is 29.9 Å². The molecule has 0 aliphatic rings. The zero-order chi connectivity index (χ0) is 27.9. The molecule has 2 rings (SSSR count). The molecule has 1 aromatic heterocycles. The van der Waals surface area contributed by atoms with Crippen molar-refractivity contribution in [3.05, 3.63) is 38.3 Å². The third kappa shape index (κ3) is 11.0. The van der Waals surface area contributed by atoms with Gasteiger partial charge >= 0.3 is 5.97 Å². The van der Waals surface area contributed by atoms with Crippen molar-refractivity contribution in [2.45, 2.75) is 110 Å². The van der Waals surface area contributed by atoms with Crippen LogP contribution in [-0.4, -0.2) is 26.6 Å². The fourth-order valence-electron chi connectivity index (χ4n) is 4.26. The minimum absolute atomic E-state index is 0.0992. The van der Waals surface area contributed by atoms with Gasteiger partial charge in [0.2, 0.25) is 0 Å². The van der Waals surface area contributed by atoms with Crippen molar-refractivity contribution in [2.24, 2.45) is 5.92 Å². The van der Waals surface area contributed by atoms with E-state index < -0.39 is 11.9 Å². The summed E-state index contributed by atoms with van der Waals surface area (Å²) in [5, 5.41) is 3.25. The van der Waals surface area contributed by atoms with Crippen molar-refractivity contribution < 1.29 is 14.3 Å². The first-order valence-corrected chi connectivity index (χ1v) is 15.2. The molecule has 0 atom stereocenters. The molecule has 0 radical (unpaired) electrons. The van der Waals surface area contributed by atoms with Gasteiger partial charge in [-0.25, -0.2) is 4.98 Å². The van der Waals surface area contributed by atoms with E-state index in [1.165, 1.54) is 76.9 Å². The second-order valence-electron chi connectivity index (χ2n) is 10.1. The monoisotopic (exact) mass is 605 g/mol. The molecule has 0 saturated heterocycles. The molecule has 2 aromatic rings. The van der Waals surface area contributed by atoms with E-state index in [-0.39, 0.29) is 37.8 Å². The van der Waals surface area contributed by atoms with Gasteiger partial charge in [0, 0.05) is 6.42 Å². The lowest BCUT2D eigenvalue weighted by molar-refractivity contribution is -0.134. The summed E-state index contributed by atoms with van der Waals surface area (Å²) < 4.78 is 6.39. The van der Waals surface area contributed by atoms with Crippen LogP contribution in [0.15, 0.2) is 12.7 Å². The van der Waals surface area contributed by atoms with Crippen molar-refractivity contribution in [2.75, 3.05) is 0 Å². The average Bonchev–Trinajstić information content (AvgIpc) is 3.43. The largest absolute Gasteiger partial charge is 0.424 e. The van der Waals surface area contributed by atoms with E-state index in [0.29, 0.717) is 6.42 Å². The van der Waals surface area contributed by atoms with Gasteiger partial charge in [0.05, 0.1) is 15.1 Å². The van der Waals surface area contributed by atoms with Crippen molar-refractivity contribution in [3.63, 3.8) is 0 Å². The van der Waals surface area contributed by atoms with E-state index in [9.17, 15) is 9.59 Å². The quantitative estimate of drug-likeness (QED) is 0.0554. The van der Waals surface area contributed by atoms with Gasteiger partial charge in [0.25, 0.3) is 5.91 Å². The predicted molar refractivity (Wildman–Crippen MR) is 156 cm³/mol. The Morgan fingerprint density at radius 2 is 1.26 bits per heavy atom. The molecule has 0 amide bonds. The Hall–Kier alpha value is -1.34. The zero-order valence-electron chi connectivity index (χ0n) is 22.4. The predicted octanol–water partition coefficient (Wildman–Crippen LogP) is 9.99. The van der Waals surface area contributed by atoms with Crippen LogP contribution in [0.3, 0.4) is 0 Å². The number of hydrogen-bond acceptors (Lipinski definition) is 5. The maximum atomic E-state index is 12.9. The standard InChI is InChI=1S/C28H39Cl4N3O3/c1-20(2)16-14-12-10-8-6-4-3-5-7-9-11-13-15-17-21(36)38-27-22(28(37)35-19-33-18-34-35)23(29)24(30)25(31)26(27)32/h18-20H,3-17H2,1-2H3. The molecule has 0 saturated carbocycles. The summed E-state index contributed by atoms with van der Waals surface area (Å²) in [4.78, 5) is 29.2. The number of benzene rings is 1. The SMILES string of the molecule is CC(C)CCCCCCCCCCCCCCCC(=O)Oc1c(Cl)c(Cl)c(Cl)c(Cl)c1C(=O)n1cncn1. The highest BCUT2D eigenvalue weighted by atomic mass is 35.5. The van der Waals surface area contributed by atoms with Crippen LogP contribution in [0.1, 0.15) is 121 Å². The molecule has 0 unspecified atom stereocenters. The first-order chi connectivity index (χ1) is 18.2. The fourth-order valence-corrected chi connectivity index (χ4v) is 5.21. The second-order valence-corrected chi connectivity index (χ2v) is 11.6. The molecule has 1 aromatic carbocycles. The summed E-state index contributed by atoms with van der Waals surface area (Å²) in [6.45, 7) is 4.59. The van der Waals surface area contributed by atoms with Gasteiger partial charge in [-0.1, -0.05) is 144 Å². The molecular formula is C28H39Cl4N3O3. The van der Waals surface area contributed by atoms with Crippen LogP contribution < -0.4 is 4.74 Å². The molecule has 0 N–H and O–H groups in total. The lowest BCUT2D eigenvalue weighted by Crippen LogP contribution is -2.17. The van der Waals surface area contributed by atoms with E-state index in [2.05, 4.69) is 23.9 Å². The smallest absolute Gasteiger partial charge is 0.311 e. The zero-order valence-corrected chi connectivity index (χ0v) is 25.4. The number of aromatic nitrogens is 3. The van der Waals surface area contributed by atoms with Crippen molar-refractivity contribution in [3.8, 4) is 5.75 Å². The maximum Gasteiger partial charge on any atom is 0.311 e. The maximum absolute atomic E-state index is 12.9. The van der Waals surface area contributed by atoms with Crippen LogP contribution in [-0.2, 0) is 4.79 Å². The Bertz CT molecular complexity index is 1010. The van der Waals surface area contributed by atoms with Gasteiger partial charge in [-0.3, -0.25) is 9.59 Å². The number of carbonyl (C=O) groups is 2. The number of nitrogens with zero attached hydrogens (tertiary/aromatic N) is 3. The number of unbranched alkanes of at least 4 members (excludes halogenated alkanes) is 12. The summed E-state index contributed by atoms with van der Waals surface area (Å²) in [5.74, 6) is -0.629. The lowest BCUT2D eigenvalue weighted by atomic mass is 10.0. The fraction of sp³-hybridized carbons (Fsp3) is 0.643. The summed E-state index contributed by atoms with van der Waals surface area (Å²) in [5.41, 5.74) is -0.198. The Morgan fingerprint density at radius 3 is 1.76 bits per heavy atom. The molecule has 6 nitrogen and oxygen atoms in total. The van der Waals surface area contributed by atoms with Crippen LogP contribution in [0.2, 0.25) is 20.1 Å².